The van der Waals surface area contributed by atoms with Gasteiger partial charge in [0, 0.05) is 6.07 Å². The molecule has 0 aliphatic heterocycles. The minimum absolute atomic E-state index is 0.160. The molecule has 2 rings (SSSR count). The highest BCUT2D eigenvalue weighted by Crippen LogP contribution is 2.18. The van der Waals surface area contributed by atoms with Crippen LogP contribution in [0.3, 0.4) is 0 Å². The van der Waals surface area contributed by atoms with E-state index < -0.39 is 5.91 Å². The summed E-state index contributed by atoms with van der Waals surface area (Å²) in [5.74, 6) is 0.286. The molecule has 5 nitrogen and oxygen atoms in total. The van der Waals surface area contributed by atoms with Crippen LogP contribution in [0.4, 0.5) is 0 Å². The number of hydrogen-bond acceptors (Lipinski definition) is 3. The van der Waals surface area contributed by atoms with Crippen molar-refractivity contribution in [1.82, 2.24) is 9.97 Å². The normalized spacial score (nSPS) is 10.4. The van der Waals surface area contributed by atoms with Crippen molar-refractivity contribution in [1.29, 1.82) is 0 Å². The molecule has 72 valence electrons. The van der Waals surface area contributed by atoms with Crippen molar-refractivity contribution in [2.75, 3.05) is 7.11 Å². The highest BCUT2D eigenvalue weighted by atomic mass is 16.5. The molecule has 14 heavy (non-hydrogen) atoms. The van der Waals surface area contributed by atoms with Crippen LogP contribution in [0, 0.1) is 0 Å². The summed E-state index contributed by atoms with van der Waals surface area (Å²) in [5, 5.41) is 0. The van der Waals surface area contributed by atoms with Gasteiger partial charge in [-0.3, -0.25) is 4.79 Å². The summed E-state index contributed by atoms with van der Waals surface area (Å²) < 4.78 is 5.02. The lowest BCUT2D eigenvalue weighted by Crippen LogP contribution is -2.12. The Morgan fingerprint density at radius 1 is 1.57 bits per heavy atom. The second-order valence-corrected chi connectivity index (χ2v) is 2.83. The monoisotopic (exact) mass is 191 g/mol. The van der Waals surface area contributed by atoms with E-state index in [1.807, 2.05) is 0 Å². The zero-order chi connectivity index (χ0) is 10.1. The third kappa shape index (κ3) is 1.28. The minimum atomic E-state index is -0.569. The van der Waals surface area contributed by atoms with Gasteiger partial charge in [0.25, 0.3) is 5.91 Å². The molecule has 0 aliphatic carbocycles. The number of aromatic amines is 1. The maximum Gasteiger partial charge on any atom is 0.284 e. The molecule has 1 amide bonds. The quantitative estimate of drug-likeness (QED) is 0.732. The number of hydrogen-bond donors (Lipinski definition) is 2. The van der Waals surface area contributed by atoms with Crippen molar-refractivity contribution in [3.8, 4) is 5.75 Å². The summed E-state index contributed by atoms with van der Waals surface area (Å²) in [4.78, 5) is 17.6. The van der Waals surface area contributed by atoms with Gasteiger partial charge < -0.3 is 15.5 Å². The first-order chi connectivity index (χ1) is 6.70. The van der Waals surface area contributed by atoms with Crippen LogP contribution in [0.15, 0.2) is 18.2 Å². The predicted molar refractivity (Wildman–Crippen MR) is 51.2 cm³/mol. The molecule has 0 bridgehead atoms. The number of ether oxygens (including phenoxy) is 1. The zero-order valence-electron chi connectivity index (χ0n) is 7.57. The first-order valence-corrected chi connectivity index (χ1v) is 4.04. The lowest BCUT2D eigenvalue weighted by molar-refractivity contribution is 0.0991. The Morgan fingerprint density at radius 3 is 3.00 bits per heavy atom. The third-order valence-corrected chi connectivity index (χ3v) is 1.92. The number of amides is 1. The summed E-state index contributed by atoms with van der Waals surface area (Å²) in [7, 11) is 1.57. The maximum absolute atomic E-state index is 10.8. The molecule has 0 spiro atoms. The lowest BCUT2D eigenvalue weighted by Gasteiger charge is -1.96. The van der Waals surface area contributed by atoms with Gasteiger partial charge in [0.1, 0.15) is 5.75 Å². The molecule has 1 heterocycles. The number of primary amides is 1. The molecule has 5 heteroatoms. The van der Waals surface area contributed by atoms with E-state index in [4.69, 9.17) is 10.5 Å². The van der Waals surface area contributed by atoms with Crippen molar-refractivity contribution in [2.45, 2.75) is 0 Å². The number of methoxy groups -OCH3 is 1. The Bertz CT molecular complexity index is 490. The summed E-state index contributed by atoms with van der Waals surface area (Å²) in [6.45, 7) is 0. The van der Waals surface area contributed by atoms with Crippen LogP contribution in [0.1, 0.15) is 10.6 Å². The van der Waals surface area contributed by atoms with E-state index in [2.05, 4.69) is 9.97 Å². The molecule has 0 aliphatic rings. The average Bonchev–Trinajstić information content (AvgIpc) is 2.59. The van der Waals surface area contributed by atoms with E-state index in [9.17, 15) is 4.79 Å². The van der Waals surface area contributed by atoms with Crippen LogP contribution in [0.5, 0.6) is 5.75 Å². The molecule has 0 atom stereocenters. The van der Waals surface area contributed by atoms with Gasteiger partial charge in [-0.05, 0) is 12.1 Å². The number of nitrogens with one attached hydrogen (secondary N) is 1. The van der Waals surface area contributed by atoms with E-state index >= 15 is 0 Å². The molecule has 0 radical (unpaired) electrons. The first-order valence-electron chi connectivity index (χ1n) is 4.04. The highest BCUT2D eigenvalue weighted by molar-refractivity contribution is 5.93. The Kier molecular flexibility index (Phi) is 1.85. The number of nitrogens with two attached hydrogens (primary N) is 1. The number of imidazole rings is 1. The fourth-order valence-corrected chi connectivity index (χ4v) is 1.23. The van der Waals surface area contributed by atoms with Gasteiger partial charge in [-0.15, -0.1) is 0 Å². The second kappa shape index (κ2) is 3.02. The van der Waals surface area contributed by atoms with E-state index in [1.54, 1.807) is 25.3 Å². The summed E-state index contributed by atoms with van der Waals surface area (Å²) in [6, 6.07) is 5.30. The number of nitrogens with zero attached hydrogens (tertiary/aromatic N) is 1. The molecule has 0 unspecified atom stereocenters. The first kappa shape index (κ1) is 8.55. The van der Waals surface area contributed by atoms with Gasteiger partial charge in [-0.25, -0.2) is 4.98 Å². The number of carbonyl (C=O) groups excluding carboxylic acids is 1. The van der Waals surface area contributed by atoms with Crippen LogP contribution < -0.4 is 10.5 Å². The van der Waals surface area contributed by atoms with Gasteiger partial charge in [-0.2, -0.15) is 0 Å². The van der Waals surface area contributed by atoms with Gasteiger partial charge >= 0.3 is 0 Å². The molecule has 1 aromatic heterocycles. The number of carbonyl (C=O) groups is 1. The van der Waals surface area contributed by atoms with Crippen molar-refractivity contribution in [3.05, 3.63) is 24.0 Å². The largest absolute Gasteiger partial charge is 0.497 e. The smallest absolute Gasteiger partial charge is 0.284 e. The van der Waals surface area contributed by atoms with Crippen LogP contribution in [-0.4, -0.2) is 23.0 Å². The van der Waals surface area contributed by atoms with E-state index in [0.717, 1.165) is 5.52 Å². The van der Waals surface area contributed by atoms with Crippen LogP contribution in [-0.2, 0) is 0 Å². The summed E-state index contributed by atoms with van der Waals surface area (Å²) >= 11 is 0. The second-order valence-electron chi connectivity index (χ2n) is 2.83. The molecule has 1 aromatic carbocycles. The third-order valence-electron chi connectivity index (χ3n) is 1.92. The van der Waals surface area contributed by atoms with Gasteiger partial charge in [-0.1, -0.05) is 0 Å². The standard InChI is InChI=1S/C9H9N3O2/c1-14-5-2-3-6-7(4-5)12-9(11-6)8(10)13/h2-4H,1H3,(H2,10,13)(H,11,12). The fraction of sp³-hybridized carbons (Fsp3) is 0.111. The molecule has 0 saturated carbocycles. The summed E-state index contributed by atoms with van der Waals surface area (Å²) in [5.41, 5.74) is 6.51. The van der Waals surface area contributed by atoms with E-state index in [1.165, 1.54) is 0 Å². The number of aromatic nitrogens is 2. The molecule has 3 N–H and O–H groups in total. The number of benzene rings is 1. The number of rotatable bonds is 2. The Balaban J connectivity index is 2.60. The van der Waals surface area contributed by atoms with Crippen LogP contribution in [0.25, 0.3) is 11.0 Å². The number of H-pyrrole nitrogens is 1. The maximum atomic E-state index is 10.8. The topological polar surface area (TPSA) is 81.0 Å². The molecule has 2 aromatic rings. The van der Waals surface area contributed by atoms with Gasteiger partial charge in [0.15, 0.2) is 5.82 Å². The molecule has 0 saturated heterocycles. The Labute approximate surface area is 79.9 Å². The van der Waals surface area contributed by atoms with Crippen molar-refractivity contribution in [3.63, 3.8) is 0 Å². The Hall–Kier alpha value is -2.04. The number of fused-ring (bicyclic) bond motifs is 1. The molecule has 0 fully saturated rings. The van der Waals surface area contributed by atoms with Crippen molar-refractivity contribution < 1.29 is 9.53 Å². The van der Waals surface area contributed by atoms with Gasteiger partial charge in [0.2, 0.25) is 0 Å². The molecular formula is C9H9N3O2. The SMILES string of the molecule is COc1ccc2[nH]c(C(N)=O)nc2c1. The fourth-order valence-electron chi connectivity index (χ4n) is 1.23. The van der Waals surface area contributed by atoms with Crippen LogP contribution in [0.2, 0.25) is 0 Å². The minimum Gasteiger partial charge on any atom is -0.497 e. The Morgan fingerprint density at radius 2 is 2.36 bits per heavy atom. The highest BCUT2D eigenvalue weighted by Gasteiger charge is 2.07. The van der Waals surface area contributed by atoms with Gasteiger partial charge in [0.05, 0.1) is 18.1 Å². The predicted octanol–water partition coefficient (Wildman–Crippen LogP) is 0.670. The van der Waals surface area contributed by atoms with E-state index in [-0.39, 0.29) is 5.82 Å². The summed E-state index contributed by atoms with van der Waals surface area (Å²) in [6.07, 6.45) is 0. The van der Waals surface area contributed by atoms with Crippen LogP contribution >= 0.6 is 0 Å². The van der Waals surface area contributed by atoms with E-state index in [0.29, 0.717) is 11.3 Å². The molecular weight excluding hydrogens is 182 g/mol. The zero-order valence-corrected chi connectivity index (χ0v) is 7.57. The van der Waals surface area contributed by atoms with Crippen molar-refractivity contribution in [2.24, 2.45) is 5.73 Å². The van der Waals surface area contributed by atoms with Crippen molar-refractivity contribution >= 4 is 16.9 Å². The lowest BCUT2D eigenvalue weighted by atomic mass is 10.3. The average molecular weight is 191 g/mol.